The van der Waals surface area contributed by atoms with Crippen molar-refractivity contribution >= 4 is 16.3 Å². The van der Waals surface area contributed by atoms with Gasteiger partial charge in [-0.15, -0.1) is 11.3 Å². The monoisotopic (exact) mass is 284 g/mol. The quantitative estimate of drug-likeness (QED) is 0.712. The number of aromatic nitrogens is 2. The van der Waals surface area contributed by atoms with E-state index in [0.717, 1.165) is 22.0 Å². The highest BCUT2D eigenvalue weighted by Gasteiger charge is 2.18. The standard InChI is InChI=1S/C16H16N2OS/c1-19-12-6-4-5-11(9-12)13-10-18-14-7-2-3-8-15(14)20-16(18)17-13/h4-6,9-10H,2-3,7-8H2,1H3. The Bertz CT molecular complexity index is 772. The van der Waals surface area contributed by atoms with E-state index < -0.39 is 0 Å². The average molecular weight is 284 g/mol. The van der Waals surface area contributed by atoms with Crippen molar-refractivity contribution in [1.82, 2.24) is 9.38 Å². The Morgan fingerprint density at radius 3 is 3.05 bits per heavy atom. The molecule has 0 amide bonds. The van der Waals surface area contributed by atoms with Crippen molar-refractivity contribution in [3.63, 3.8) is 0 Å². The Labute approximate surface area is 121 Å². The number of thiazole rings is 1. The van der Waals surface area contributed by atoms with Gasteiger partial charge in [0.25, 0.3) is 0 Å². The zero-order valence-corrected chi connectivity index (χ0v) is 12.2. The first-order valence-electron chi connectivity index (χ1n) is 6.99. The number of ether oxygens (including phenoxy) is 1. The number of fused-ring (bicyclic) bond motifs is 3. The van der Waals surface area contributed by atoms with Gasteiger partial charge < -0.3 is 4.74 Å². The molecule has 1 aromatic carbocycles. The van der Waals surface area contributed by atoms with Crippen molar-refractivity contribution in [2.75, 3.05) is 7.11 Å². The smallest absolute Gasteiger partial charge is 0.194 e. The fraction of sp³-hybridized carbons (Fsp3) is 0.312. The molecule has 0 saturated carbocycles. The van der Waals surface area contributed by atoms with Crippen molar-refractivity contribution in [2.45, 2.75) is 25.7 Å². The molecule has 2 heterocycles. The molecule has 0 aliphatic heterocycles. The number of aryl methyl sites for hydroxylation is 2. The van der Waals surface area contributed by atoms with Crippen LogP contribution in [0.1, 0.15) is 23.4 Å². The van der Waals surface area contributed by atoms with E-state index in [4.69, 9.17) is 9.72 Å². The second-order valence-corrected chi connectivity index (χ2v) is 6.25. The second-order valence-electron chi connectivity index (χ2n) is 5.19. The van der Waals surface area contributed by atoms with E-state index in [1.54, 1.807) is 7.11 Å². The Hall–Kier alpha value is -1.81. The number of nitrogens with zero attached hydrogens (tertiary/aromatic N) is 2. The summed E-state index contributed by atoms with van der Waals surface area (Å²) in [5, 5.41) is 0. The van der Waals surface area contributed by atoms with Crippen LogP contribution in [0.25, 0.3) is 16.2 Å². The van der Waals surface area contributed by atoms with Crippen molar-refractivity contribution in [3.8, 4) is 17.0 Å². The Kier molecular flexibility index (Phi) is 2.77. The van der Waals surface area contributed by atoms with Crippen molar-refractivity contribution in [1.29, 1.82) is 0 Å². The van der Waals surface area contributed by atoms with Crippen LogP contribution in [0.5, 0.6) is 5.75 Å². The fourth-order valence-electron chi connectivity index (χ4n) is 2.89. The molecule has 0 atom stereocenters. The largest absolute Gasteiger partial charge is 0.497 e. The van der Waals surface area contributed by atoms with Crippen LogP contribution in [0.15, 0.2) is 30.5 Å². The van der Waals surface area contributed by atoms with Crippen LogP contribution in [0, 0.1) is 0 Å². The van der Waals surface area contributed by atoms with E-state index >= 15 is 0 Å². The van der Waals surface area contributed by atoms with Crippen LogP contribution < -0.4 is 4.74 Å². The first-order chi connectivity index (χ1) is 9.85. The second kappa shape index (κ2) is 4.63. The molecule has 0 fully saturated rings. The summed E-state index contributed by atoms with van der Waals surface area (Å²) in [5.41, 5.74) is 3.62. The normalized spacial score (nSPS) is 14.4. The summed E-state index contributed by atoms with van der Waals surface area (Å²) in [6, 6.07) is 8.10. The summed E-state index contributed by atoms with van der Waals surface area (Å²) in [5.74, 6) is 0.876. The third-order valence-corrected chi connectivity index (χ3v) is 5.09. The van der Waals surface area contributed by atoms with Gasteiger partial charge in [-0.25, -0.2) is 4.98 Å². The fourth-order valence-corrected chi connectivity index (χ4v) is 4.08. The van der Waals surface area contributed by atoms with Gasteiger partial charge in [0.2, 0.25) is 0 Å². The molecule has 1 aliphatic rings. The van der Waals surface area contributed by atoms with E-state index in [-0.39, 0.29) is 0 Å². The molecule has 3 aromatic rings. The topological polar surface area (TPSA) is 26.5 Å². The zero-order chi connectivity index (χ0) is 13.5. The van der Waals surface area contributed by atoms with E-state index in [1.807, 2.05) is 29.5 Å². The van der Waals surface area contributed by atoms with E-state index in [2.05, 4.69) is 16.7 Å². The van der Waals surface area contributed by atoms with Crippen LogP contribution in [0.4, 0.5) is 0 Å². The molecule has 0 N–H and O–H groups in total. The van der Waals surface area contributed by atoms with E-state index in [1.165, 1.54) is 36.3 Å². The highest BCUT2D eigenvalue weighted by molar-refractivity contribution is 7.17. The van der Waals surface area contributed by atoms with Crippen molar-refractivity contribution < 1.29 is 4.74 Å². The van der Waals surface area contributed by atoms with E-state index in [9.17, 15) is 0 Å². The minimum atomic E-state index is 0.876. The molecule has 102 valence electrons. The molecule has 0 spiro atoms. The molecule has 1 aliphatic carbocycles. The lowest BCUT2D eigenvalue weighted by Gasteiger charge is -2.09. The molecule has 0 radical (unpaired) electrons. The third kappa shape index (κ3) is 1.83. The molecular weight excluding hydrogens is 268 g/mol. The number of benzene rings is 1. The molecule has 0 saturated heterocycles. The van der Waals surface area contributed by atoms with Gasteiger partial charge >= 0.3 is 0 Å². The lowest BCUT2D eigenvalue weighted by molar-refractivity contribution is 0.415. The summed E-state index contributed by atoms with van der Waals surface area (Å²) in [6.45, 7) is 0. The van der Waals surface area contributed by atoms with Gasteiger partial charge in [-0.05, 0) is 37.8 Å². The molecule has 3 nitrogen and oxygen atoms in total. The highest BCUT2D eigenvalue weighted by atomic mass is 32.1. The van der Waals surface area contributed by atoms with Gasteiger partial charge in [-0.1, -0.05) is 12.1 Å². The summed E-state index contributed by atoms with van der Waals surface area (Å²) in [6.07, 6.45) is 7.19. The maximum absolute atomic E-state index is 5.29. The van der Waals surface area contributed by atoms with Crippen LogP contribution >= 0.6 is 11.3 Å². The maximum atomic E-state index is 5.29. The SMILES string of the molecule is COc1cccc(-c2cn3c4c(sc3n2)CCCC4)c1. The first kappa shape index (κ1) is 12.0. The number of hydrogen-bond donors (Lipinski definition) is 0. The van der Waals surface area contributed by atoms with Gasteiger partial charge in [0.05, 0.1) is 12.8 Å². The lowest BCUT2D eigenvalue weighted by Crippen LogP contribution is -2.01. The van der Waals surface area contributed by atoms with Crippen LogP contribution in [0.3, 0.4) is 0 Å². The lowest BCUT2D eigenvalue weighted by atomic mass is 10.0. The predicted octanol–water partition coefficient (Wildman–Crippen LogP) is 3.95. The van der Waals surface area contributed by atoms with E-state index in [0.29, 0.717) is 0 Å². The minimum absolute atomic E-state index is 0.876. The minimum Gasteiger partial charge on any atom is -0.497 e. The molecular formula is C16H16N2OS. The Morgan fingerprint density at radius 1 is 1.25 bits per heavy atom. The summed E-state index contributed by atoms with van der Waals surface area (Å²) < 4.78 is 7.58. The van der Waals surface area contributed by atoms with Gasteiger partial charge in [-0.3, -0.25) is 4.40 Å². The summed E-state index contributed by atoms with van der Waals surface area (Å²) >= 11 is 1.85. The molecule has 2 aromatic heterocycles. The van der Waals surface area contributed by atoms with Gasteiger partial charge in [-0.2, -0.15) is 0 Å². The van der Waals surface area contributed by atoms with Crippen LogP contribution in [-0.4, -0.2) is 16.5 Å². The Morgan fingerprint density at radius 2 is 2.15 bits per heavy atom. The number of rotatable bonds is 2. The molecule has 0 bridgehead atoms. The van der Waals surface area contributed by atoms with Crippen LogP contribution in [0.2, 0.25) is 0 Å². The van der Waals surface area contributed by atoms with Crippen LogP contribution in [-0.2, 0) is 12.8 Å². The summed E-state index contributed by atoms with van der Waals surface area (Å²) in [7, 11) is 1.70. The van der Waals surface area contributed by atoms with Gasteiger partial charge in [0, 0.05) is 22.3 Å². The third-order valence-electron chi connectivity index (χ3n) is 3.93. The maximum Gasteiger partial charge on any atom is 0.194 e. The zero-order valence-electron chi connectivity index (χ0n) is 11.4. The number of methoxy groups -OCH3 is 1. The molecule has 20 heavy (non-hydrogen) atoms. The number of hydrogen-bond acceptors (Lipinski definition) is 3. The Balaban J connectivity index is 1.82. The van der Waals surface area contributed by atoms with Crippen molar-refractivity contribution in [3.05, 3.63) is 41.0 Å². The molecule has 0 unspecified atom stereocenters. The number of imidazole rings is 1. The van der Waals surface area contributed by atoms with Crippen molar-refractivity contribution in [2.24, 2.45) is 0 Å². The predicted molar refractivity (Wildman–Crippen MR) is 81.7 cm³/mol. The van der Waals surface area contributed by atoms with Gasteiger partial charge in [0.1, 0.15) is 5.75 Å². The first-order valence-corrected chi connectivity index (χ1v) is 7.81. The highest BCUT2D eigenvalue weighted by Crippen LogP contribution is 2.32. The summed E-state index contributed by atoms with van der Waals surface area (Å²) in [4.78, 5) is 7.43. The van der Waals surface area contributed by atoms with Gasteiger partial charge in [0.15, 0.2) is 4.96 Å². The average Bonchev–Trinajstić information content (AvgIpc) is 3.05. The molecule has 4 rings (SSSR count). The molecule has 4 heteroatoms.